The molecule has 4 N–H and O–H groups in total. The third kappa shape index (κ3) is 3.49. The van der Waals surface area contributed by atoms with Gasteiger partial charge in [0, 0.05) is 6.42 Å². The third-order valence-corrected chi connectivity index (χ3v) is 1.51. The van der Waals surface area contributed by atoms with Gasteiger partial charge in [-0.3, -0.25) is 0 Å². The van der Waals surface area contributed by atoms with Crippen LogP contribution in [0.5, 0.6) is 0 Å². The Labute approximate surface area is 80.5 Å². The summed E-state index contributed by atoms with van der Waals surface area (Å²) in [5, 5.41) is 0. The molecule has 0 bridgehead atoms. The summed E-state index contributed by atoms with van der Waals surface area (Å²) >= 11 is 0. The van der Waals surface area contributed by atoms with Crippen LogP contribution < -0.4 is 5.73 Å². The van der Waals surface area contributed by atoms with E-state index in [2.05, 4.69) is 0 Å². The lowest BCUT2D eigenvalue weighted by atomic mass is 10.1. The lowest BCUT2D eigenvalue weighted by Crippen LogP contribution is -2.51. The first-order chi connectivity index (χ1) is 6.06. The molecule has 0 unspecified atom stereocenters. The van der Waals surface area contributed by atoms with E-state index in [4.69, 9.17) is 5.73 Å². The summed E-state index contributed by atoms with van der Waals surface area (Å²) in [6.45, 7) is -0.372. The molecular formula is C6H10F7NO. The molecule has 0 fully saturated rings. The van der Waals surface area contributed by atoms with E-state index in [0.717, 1.165) is 0 Å². The van der Waals surface area contributed by atoms with Gasteiger partial charge in [0.2, 0.25) is 0 Å². The molecule has 0 aromatic carbocycles. The van der Waals surface area contributed by atoms with Gasteiger partial charge < -0.3 is 11.2 Å². The summed E-state index contributed by atoms with van der Waals surface area (Å²) in [6.07, 6.45) is -8.43. The average Bonchev–Trinajstić information content (AvgIpc) is 1.98. The van der Waals surface area contributed by atoms with Gasteiger partial charge in [-0.05, 0) is 13.0 Å². The molecule has 0 aliphatic carbocycles. The Kier molecular flexibility index (Phi) is 5.58. The smallest absolute Gasteiger partial charge is 0.412 e. The first kappa shape index (κ1) is 16.8. The minimum atomic E-state index is -6.24. The maximum absolute atomic E-state index is 12.4. The van der Waals surface area contributed by atoms with Gasteiger partial charge in [0.15, 0.2) is 0 Å². The normalized spacial score (nSPS) is 13.6. The minimum Gasteiger partial charge on any atom is -0.412 e. The molecule has 0 saturated carbocycles. The topological polar surface area (TPSA) is 57.5 Å². The third-order valence-electron chi connectivity index (χ3n) is 1.51. The van der Waals surface area contributed by atoms with Crippen LogP contribution in [-0.4, -0.2) is 30.0 Å². The molecule has 0 spiro atoms. The van der Waals surface area contributed by atoms with Crippen molar-refractivity contribution in [1.29, 1.82) is 0 Å². The molecule has 0 saturated heterocycles. The summed E-state index contributed by atoms with van der Waals surface area (Å²) in [5.74, 6) is -11.1. The molecule has 0 atom stereocenters. The van der Waals surface area contributed by atoms with Crippen LogP contribution in [0, 0.1) is 0 Å². The fourth-order valence-corrected chi connectivity index (χ4v) is 0.688. The molecule has 0 amide bonds. The van der Waals surface area contributed by atoms with E-state index in [9.17, 15) is 30.7 Å². The lowest BCUT2D eigenvalue weighted by Gasteiger charge is -2.27. The number of hydrogen-bond donors (Lipinski definition) is 1. The van der Waals surface area contributed by atoms with Crippen LogP contribution >= 0.6 is 0 Å². The first-order valence-electron chi connectivity index (χ1n) is 3.58. The van der Waals surface area contributed by atoms with E-state index in [1.807, 2.05) is 0 Å². The Balaban J connectivity index is 0. The summed E-state index contributed by atoms with van der Waals surface area (Å²) in [4.78, 5) is 0. The van der Waals surface area contributed by atoms with Gasteiger partial charge in [0.25, 0.3) is 0 Å². The number of hydrogen-bond acceptors (Lipinski definition) is 1. The molecule has 0 aliphatic heterocycles. The average molecular weight is 245 g/mol. The summed E-state index contributed by atoms with van der Waals surface area (Å²) < 4.78 is 83.4. The van der Waals surface area contributed by atoms with E-state index in [-0.39, 0.29) is 12.0 Å². The Morgan fingerprint density at radius 3 is 1.53 bits per heavy atom. The Morgan fingerprint density at radius 1 is 0.867 bits per heavy atom. The highest BCUT2D eigenvalue weighted by molar-refractivity contribution is 4.90. The summed E-state index contributed by atoms with van der Waals surface area (Å²) in [7, 11) is 0. The van der Waals surface area contributed by atoms with E-state index in [1.165, 1.54) is 0 Å². The van der Waals surface area contributed by atoms with E-state index >= 15 is 0 Å². The maximum Gasteiger partial charge on any atom is 0.459 e. The SMILES string of the molecule is NCCCC(F)(F)C(F)(F)C(F)(F)F.O. The number of rotatable bonds is 4. The Morgan fingerprint density at radius 2 is 1.27 bits per heavy atom. The zero-order chi connectivity index (χ0) is 11.6. The van der Waals surface area contributed by atoms with Crippen molar-refractivity contribution in [3.8, 4) is 0 Å². The molecule has 2 nitrogen and oxygen atoms in total. The predicted octanol–water partition coefficient (Wildman–Crippen LogP) is 1.73. The van der Waals surface area contributed by atoms with Crippen molar-refractivity contribution >= 4 is 0 Å². The fourth-order valence-electron chi connectivity index (χ4n) is 0.688. The highest BCUT2D eigenvalue weighted by Gasteiger charge is 2.72. The Bertz CT molecular complexity index is 190. The van der Waals surface area contributed by atoms with Crippen molar-refractivity contribution in [3.63, 3.8) is 0 Å². The number of nitrogens with two attached hydrogens (primary N) is 1. The molecule has 0 aromatic heterocycles. The van der Waals surface area contributed by atoms with Crippen LogP contribution in [0.15, 0.2) is 0 Å². The van der Waals surface area contributed by atoms with E-state index < -0.39 is 30.9 Å². The summed E-state index contributed by atoms with van der Waals surface area (Å²) in [5.41, 5.74) is 4.73. The highest BCUT2D eigenvalue weighted by atomic mass is 19.4. The second-order valence-electron chi connectivity index (χ2n) is 2.67. The fraction of sp³-hybridized carbons (Fsp3) is 1.00. The van der Waals surface area contributed by atoms with Gasteiger partial charge in [-0.2, -0.15) is 30.7 Å². The van der Waals surface area contributed by atoms with Crippen molar-refractivity contribution in [2.45, 2.75) is 30.9 Å². The van der Waals surface area contributed by atoms with Gasteiger partial charge in [0.1, 0.15) is 0 Å². The van der Waals surface area contributed by atoms with Crippen molar-refractivity contribution in [1.82, 2.24) is 0 Å². The van der Waals surface area contributed by atoms with Crippen LogP contribution in [0.2, 0.25) is 0 Å². The Hall–Kier alpha value is -0.570. The molecule has 0 aliphatic rings. The predicted molar refractivity (Wildman–Crippen MR) is 37.9 cm³/mol. The number of halogens is 7. The largest absolute Gasteiger partial charge is 0.459 e. The van der Waals surface area contributed by atoms with Crippen molar-refractivity contribution in [2.24, 2.45) is 5.73 Å². The molecular weight excluding hydrogens is 235 g/mol. The lowest BCUT2D eigenvalue weighted by molar-refractivity contribution is -0.355. The molecule has 94 valence electrons. The highest BCUT2D eigenvalue weighted by Crippen LogP contribution is 2.48. The maximum atomic E-state index is 12.4. The van der Waals surface area contributed by atoms with Gasteiger partial charge in [0.05, 0.1) is 0 Å². The first-order valence-corrected chi connectivity index (χ1v) is 3.58. The van der Waals surface area contributed by atoms with Crippen LogP contribution in [0.3, 0.4) is 0 Å². The van der Waals surface area contributed by atoms with Crippen LogP contribution in [0.4, 0.5) is 30.7 Å². The molecule has 0 rings (SSSR count). The van der Waals surface area contributed by atoms with Gasteiger partial charge >= 0.3 is 18.0 Å². The second kappa shape index (κ2) is 4.97. The van der Waals surface area contributed by atoms with Gasteiger partial charge in [-0.1, -0.05) is 0 Å². The van der Waals surface area contributed by atoms with E-state index in [0.29, 0.717) is 0 Å². The van der Waals surface area contributed by atoms with Crippen molar-refractivity contribution in [3.05, 3.63) is 0 Å². The van der Waals surface area contributed by atoms with Crippen LogP contribution in [-0.2, 0) is 0 Å². The van der Waals surface area contributed by atoms with E-state index in [1.54, 1.807) is 0 Å². The summed E-state index contributed by atoms with van der Waals surface area (Å²) in [6, 6.07) is 0. The molecule has 9 heteroatoms. The minimum absolute atomic E-state index is 0. The zero-order valence-corrected chi connectivity index (χ0v) is 7.34. The zero-order valence-electron chi connectivity index (χ0n) is 7.34. The molecule has 0 heterocycles. The standard InChI is InChI=1S/C6H8F7N.H2O/c7-4(8,2-1-3-14)5(9,10)6(11,12)13;/h1-3,14H2;1H2. The number of alkyl halides is 7. The van der Waals surface area contributed by atoms with Crippen LogP contribution in [0.25, 0.3) is 0 Å². The molecule has 0 radical (unpaired) electrons. The second-order valence-corrected chi connectivity index (χ2v) is 2.67. The van der Waals surface area contributed by atoms with Crippen LogP contribution in [0.1, 0.15) is 12.8 Å². The van der Waals surface area contributed by atoms with Crippen molar-refractivity contribution in [2.75, 3.05) is 6.54 Å². The van der Waals surface area contributed by atoms with Gasteiger partial charge in [-0.25, -0.2) is 0 Å². The quantitative estimate of drug-likeness (QED) is 0.753. The van der Waals surface area contributed by atoms with Gasteiger partial charge in [-0.15, -0.1) is 0 Å². The monoisotopic (exact) mass is 245 g/mol. The molecule has 15 heavy (non-hydrogen) atoms. The molecule has 0 aromatic rings. The van der Waals surface area contributed by atoms with Crippen molar-refractivity contribution < 1.29 is 36.2 Å².